The van der Waals surface area contributed by atoms with Gasteiger partial charge in [0.05, 0.1) is 5.69 Å². The number of hydrogen-bond donors (Lipinski definition) is 3. The zero-order valence-corrected chi connectivity index (χ0v) is 11.7. The molecule has 0 aliphatic carbocycles. The van der Waals surface area contributed by atoms with Gasteiger partial charge in [0.15, 0.2) is 0 Å². The molecule has 1 unspecified atom stereocenters. The highest BCUT2D eigenvalue weighted by Crippen LogP contribution is 2.19. The molecule has 0 saturated carbocycles. The molecule has 5 nitrogen and oxygen atoms in total. The Bertz CT molecular complexity index is 497. The van der Waals surface area contributed by atoms with Crippen molar-refractivity contribution in [2.45, 2.75) is 25.8 Å². The number of carbonyl (C=O) groups excluding carboxylic acids is 2. The van der Waals surface area contributed by atoms with Crippen molar-refractivity contribution >= 4 is 29.1 Å². The van der Waals surface area contributed by atoms with Crippen molar-refractivity contribution in [3.05, 3.63) is 29.0 Å². The Morgan fingerprint density at radius 2 is 2.10 bits per heavy atom. The van der Waals surface area contributed by atoms with E-state index >= 15 is 0 Å². The molecule has 3 N–H and O–H groups in total. The van der Waals surface area contributed by atoms with Crippen LogP contribution < -0.4 is 10.6 Å². The first-order valence-corrected chi connectivity index (χ1v) is 6.49. The van der Waals surface area contributed by atoms with Crippen molar-refractivity contribution in [3.63, 3.8) is 0 Å². The van der Waals surface area contributed by atoms with Crippen LogP contribution in [-0.4, -0.2) is 29.6 Å². The summed E-state index contributed by atoms with van der Waals surface area (Å²) in [4.78, 5) is 23.2. The number of benzene rings is 1. The maximum atomic E-state index is 13.4. The lowest BCUT2D eigenvalue weighted by atomic mass is 10.2. The van der Waals surface area contributed by atoms with Gasteiger partial charge in [-0.05, 0) is 38.0 Å². The molecule has 0 heterocycles. The molecule has 20 heavy (non-hydrogen) atoms. The van der Waals surface area contributed by atoms with Crippen LogP contribution in [0, 0.1) is 5.82 Å². The highest BCUT2D eigenvalue weighted by molar-refractivity contribution is 6.40. The number of hydrogen-bond acceptors (Lipinski definition) is 3. The summed E-state index contributed by atoms with van der Waals surface area (Å²) in [6, 6.07) is 3.39. The third-order valence-electron chi connectivity index (χ3n) is 2.56. The number of aliphatic hydroxyl groups excluding tert-OH is 1. The highest BCUT2D eigenvalue weighted by atomic mass is 35.5. The third kappa shape index (κ3) is 5.14. The second-order valence-electron chi connectivity index (χ2n) is 4.32. The quantitative estimate of drug-likeness (QED) is 0.724. The third-order valence-corrected chi connectivity index (χ3v) is 2.79. The minimum Gasteiger partial charge on any atom is -0.396 e. The van der Waals surface area contributed by atoms with E-state index in [4.69, 9.17) is 16.7 Å². The minimum absolute atomic E-state index is 0.0140. The monoisotopic (exact) mass is 302 g/mol. The number of halogens is 2. The van der Waals surface area contributed by atoms with Crippen LogP contribution in [0.3, 0.4) is 0 Å². The normalized spacial score (nSPS) is 11.8. The molecular formula is C13H16ClFN2O3. The van der Waals surface area contributed by atoms with Gasteiger partial charge in [0.2, 0.25) is 0 Å². The summed E-state index contributed by atoms with van der Waals surface area (Å²) < 4.78 is 13.4. The molecule has 0 aliphatic heterocycles. The van der Waals surface area contributed by atoms with Gasteiger partial charge < -0.3 is 15.7 Å². The van der Waals surface area contributed by atoms with E-state index in [0.29, 0.717) is 12.8 Å². The van der Waals surface area contributed by atoms with Crippen LogP contribution in [0.2, 0.25) is 5.02 Å². The van der Waals surface area contributed by atoms with E-state index in [1.54, 1.807) is 6.92 Å². The Balaban J connectivity index is 2.57. The van der Waals surface area contributed by atoms with Gasteiger partial charge in [-0.15, -0.1) is 0 Å². The van der Waals surface area contributed by atoms with Crippen LogP contribution in [-0.2, 0) is 9.59 Å². The van der Waals surface area contributed by atoms with Crippen LogP contribution in [0.1, 0.15) is 19.8 Å². The predicted molar refractivity (Wildman–Crippen MR) is 74.0 cm³/mol. The molecule has 1 rings (SSSR count). The Labute approximate surface area is 121 Å². The van der Waals surface area contributed by atoms with Gasteiger partial charge in [-0.2, -0.15) is 0 Å². The Kier molecular flexibility index (Phi) is 6.41. The fourth-order valence-electron chi connectivity index (χ4n) is 1.53. The number of aliphatic hydroxyl groups is 1. The molecular weight excluding hydrogens is 287 g/mol. The Hall–Kier alpha value is -1.66. The average Bonchev–Trinajstić information content (AvgIpc) is 2.40. The SMILES string of the molecule is CC(CCCO)NC(=O)C(=O)Nc1cc(Cl)ccc1F. The molecule has 1 atom stereocenters. The van der Waals surface area contributed by atoms with Crippen molar-refractivity contribution in [2.75, 3.05) is 11.9 Å². The van der Waals surface area contributed by atoms with E-state index in [-0.39, 0.29) is 23.4 Å². The summed E-state index contributed by atoms with van der Waals surface area (Å²) >= 11 is 5.68. The molecule has 1 aromatic carbocycles. The van der Waals surface area contributed by atoms with Crippen LogP contribution in [0.5, 0.6) is 0 Å². The van der Waals surface area contributed by atoms with Crippen molar-refractivity contribution in [1.82, 2.24) is 5.32 Å². The van der Waals surface area contributed by atoms with Gasteiger partial charge in [0, 0.05) is 17.7 Å². The van der Waals surface area contributed by atoms with E-state index in [2.05, 4.69) is 10.6 Å². The van der Waals surface area contributed by atoms with Gasteiger partial charge in [-0.3, -0.25) is 9.59 Å². The van der Waals surface area contributed by atoms with Crippen LogP contribution in [0.25, 0.3) is 0 Å². The summed E-state index contributed by atoms with van der Waals surface area (Å²) in [7, 11) is 0. The second kappa shape index (κ2) is 7.81. The molecule has 0 saturated heterocycles. The Morgan fingerprint density at radius 3 is 2.75 bits per heavy atom. The number of nitrogens with one attached hydrogen (secondary N) is 2. The van der Waals surface area contributed by atoms with E-state index in [0.717, 1.165) is 6.07 Å². The van der Waals surface area contributed by atoms with Crippen molar-refractivity contribution < 1.29 is 19.1 Å². The van der Waals surface area contributed by atoms with E-state index in [9.17, 15) is 14.0 Å². The van der Waals surface area contributed by atoms with Crippen molar-refractivity contribution in [3.8, 4) is 0 Å². The molecule has 0 aromatic heterocycles. The molecule has 0 radical (unpaired) electrons. The van der Waals surface area contributed by atoms with Gasteiger partial charge >= 0.3 is 11.8 Å². The maximum absolute atomic E-state index is 13.4. The lowest BCUT2D eigenvalue weighted by Crippen LogP contribution is -2.40. The number of rotatable bonds is 5. The van der Waals surface area contributed by atoms with Crippen molar-refractivity contribution in [1.29, 1.82) is 0 Å². The standard InChI is InChI=1S/C13H16ClFN2O3/c1-8(3-2-6-18)16-12(19)13(20)17-11-7-9(14)4-5-10(11)15/h4-5,7-8,18H,2-3,6H2,1H3,(H,16,19)(H,17,20). The first kappa shape index (κ1) is 16.4. The van der Waals surface area contributed by atoms with Gasteiger partial charge in [0.25, 0.3) is 0 Å². The van der Waals surface area contributed by atoms with E-state index in [1.165, 1.54) is 12.1 Å². The fraction of sp³-hybridized carbons (Fsp3) is 0.385. The topological polar surface area (TPSA) is 78.4 Å². The molecule has 2 amide bonds. The first-order chi connectivity index (χ1) is 9.43. The average molecular weight is 303 g/mol. The summed E-state index contributed by atoms with van der Waals surface area (Å²) in [5, 5.41) is 13.5. The zero-order valence-electron chi connectivity index (χ0n) is 11.0. The van der Waals surface area contributed by atoms with Crippen molar-refractivity contribution in [2.24, 2.45) is 0 Å². The smallest absolute Gasteiger partial charge is 0.313 e. The second-order valence-corrected chi connectivity index (χ2v) is 4.76. The number of carbonyl (C=O) groups is 2. The summed E-state index contributed by atoms with van der Waals surface area (Å²) in [5.41, 5.74) is -0.152. The summed E-state index contributed by atoms with van der Waals surface area (Å²) in [5.74, 6) is -2.51. The maximum Gasteiger partial charge on any atom is 0.313 e. The van der Waals surface area contributed by atoms with Crippen LogP contribution >= 0.6 is 11.6 Å². The molecule has 0 spiro atoms. The molecule has 110 valence electrons. The lowest BCUT2D eigenvalue weighted by molar-refractivity contribution is -0.136. The van der Waals surface area contributed by atoms with Gasteiger partial charge in [-0.25, -0.2) is 4.39 Å². The summed E-state index contributed by atoms with van der Waals surface area (Å²) in [6.07, 6.45) is 1.06. The van der Waals surface area contributed by atoms with Crippen LogP contribution in [0.15, 0.2) is 18.2 Å². The molecule has 0 aliphatic rings. The molecule has 1 aromatic rings. The van der Waals surface area contributed by atoms with E-state index in [1.807, 2.05) is 0 Å². The Morgan fingerprint density at radius 1 is 1.40 bits per heavy atom. The van der Waals surface area contributed by atoms with Gasteiger partial charge in [0.1, 0.15) is 5.82 Å². The number of amides is 2. The van der Waals surface area contributed by atoms with Gasteiger partial charge in [-0.1, -0.05) is 11.6 Å². The fourth-order valence-corrected chi connectivity index (χ4v) is 1.70. The number of anilines is 1. The largest absolute Gasteiger partial charge is 0.396 e. The van der Waals surface area contributed by atoms with Crippen LogP contribution in [0.4, 0.5) is 10.1 Å². The molecule has 0 fully saturated rings. The van der Waals surface area contributed by atoms with E-state index < -0.39 is 17.6 Å². The minimum atomic E-state index is -0.970. The zero-order chi connectivity index (χ0) is 15.1. The molecule has 0 bridgehead atoms. The lowest BCUT2D eigenvalue weighted by Gasteiger charge is -2.13. The molecule has 7 heteroatoms. The predicted octanol–water partition coefficient (Wildman–Crippen LogP) is 1.69. The highest BCUT2D eigenvalue weighted by Gasteiger charge is 2.17. The summed E-state index contributed by atoms with van der Waals surface area (Å²) in [6.45, 7) is 1.72. The first-order valence-electron chi connectivity index (χ1n) is 6.11.